The zero-order chi connectivity index (χ0) is 23.9. The molecule has 2 saturated heterocycles. The number of ether oxygens (including phenoxy) is 2. The predicted octanol–water partition coefficient (Wildman–Crippen LogP) is 1.78. The molecule has 1 aromatic carbocycles. The maximum absolute atomic E-state index is 9.80. The first-order valence-corrected chi connectivity index (χ1v) is 11.7. The van der Waals surface area contributed by atoms with Crippen molar-refractivity contribution in [2.45, 2.75) is 38.3 Å². The van der Waals surface area contributed by atoms with Crippen LogP contribution in [0.3, 0.4) is 0 Å². The van der Waals surface area contributed by atoms with Gasteiger partial charge in [0.2, 0.25) is 0 Å². The van der Waals surface area contributed by atoms with Crippen LogP contribution >= 0.6 is 0 Å². The van der Waals surface area contributed by atoms with E-state index in [-0.39, 0.29) is 19.0 Å². The molecular weight excluding hydrogens is 428 g/mol. The Morgan fingerprint density at radius 2 is 1.64 bits per heavy atom. The first-order chi connectivity index (χ1) is 16.1. The Hall–Kier alpha value is -2.20. The van der Waals surface area contributed by atoms with Crippen molar-refractivity contribution in [3.8, 4) is 5.75 Å². The van der Waals surface area contributed by atoms with Crippen molar-refractivity contribution in [1.29, 1.82) is 0 Å². The number of morpholine rings is 1. The average Bonchev–Trinajstić information content (AvgIpc) is 3.32. The summed E-state index contributed by atoms with van der Waals surface area (Å²) in [7, 11) is 0. The molecule has 0 bridgehead atoms. The zero-order valence-electron chi connectivity index (χ0n) is 19.3. The summed E-state index contributed by atoms with van der Waals surface area (Å²) in [6.07, 6.45) is 4.22. The topological polar surface area (TPSA) is 120 Å². The van der Waals surface area contributed by atoms with Crippen LogP contribution in [0.5, 0.6) is 5.75 Å². The van der Waals surface area contributed by atoms with Crippen molar-refractivity contribution in [3.05, 3.63) is 29.8 Å². The summed E-state index contributed by atoms with van der Waals surface area (Å²) in [4.78, 5) is 21.7. The lowest BCUT2D eigenvalue weighted by atomic mass is 10.0. The molecule has 3 atom stereocenters. The molecule has 4 rings (SSSR count). The van der Waals surface area contributed by atoms with Gasteiger partial charge in [0, 0.05) is 32.7 Å². The van der Waals surface area contributed by atoms with E-state index in [1.807, 2.05) is 0 Å². The van der Waals surface area contributed by atoms with Crippen molar-refractivity contribution >= 4 is 12.9 Å². The predicted molar refractivity (Wildman–Crippen MR) is 123 cm³/mol. The fraction of sp³-hybridized carbons (Fsp3) is 0.667. The summed E-state index contributed by atoms with van der Waals surface area (Å²) in [5, 5.41) is 23.6. The van der Waals surface area contributed by atoms with Gasteiger partial charge in [-0.25, -0.2) is 0 Å². The largest absolute Gasteiger partial charge is 0.494 e. The lowest BCUT2D eigenvalue weighted by Gasteiger charge is -2.26. The van der Waals surface area contributed by atoms with E-state index < -0.39 is 0 Å². The molecule has 3 fully saturated rings. The van der Waals surface area contributed by atoms with Crippen molar-refractivity contribution < 1.29 is 34.4 Å². The number of rotatable bonds is 8. The van der Waals surface area contributed by atoms with Crippen LogP contribution < -0.4 is 4.74 Å². The van der Waals surface area contributed by atoms with Gasteiger partial charge in [-0.05, 0) is 61.8 Å². The van der Waals surface area contributed by atoms with E-state index in [2.05, 4.69) is 34.1 Å². The van der Waals surface area contributed by atoms with Gasteiger partial charge in [-0.3, -0.25) is 19.4 Å². The Labute approximate surface area is 195 Å². The van der Waals surface area contributed by atoms with E-state index in [9.17, 15) is 5.11 Å². The second kappa shape index (κ2) is 15.6. The Kier molecular flexibility index (Phi) is 12.8. The van der Waals surface area contributed by atoms with Gasteiger partial charge in [0.1, 0.15) is 5.75 Å². The van der Waals surface area contributed by atoms with Crippen LogP contribution in [-0.4, -0.2) is 96.7 Å². The number of hydrogen-bond donors (Lipinski definition) is 3. The van der Waals surface area contributed by atoms with Gasteiger partial charge in [0.05, 0.1) is 25.9 Å². The molecule has 33 heavy (non-hydrogen) atoms. The number of carbonyl (C=O) groups is 2. The fourth-order valence-corrected chi connectivity index (χ4v) is 4.94. The highest BCUT2D eigenvalue weighted by Crippen LogP contribution is 2.38. The lowest BCUT2D eigenvalue weighted by molar-refractivity contribution is -0.123. The number of nitrogens with zero attached hydrogens (tertiary/aromatic N) is 2. The molecule has 1 aromatic rings. The van der Waals surface area contributed by atoms with Gasteiger partial charge in [-0.15, -0.1) is 0 Å². The Morgan fingerprint density at radius 1 is 1.00 bits per heavy atom. The molecule has 0 amide bonds. The number of unbranched alkanes of at least 4 members (excludes halogenated alkanes) is 1. The Bertz CT molecular complexity index is 665. The molecule has 1 saturated carbocycles. The summed E-state index contributed by atoms with van der Waals surface area (Å²) >= 11 is 0. The van der Waals surface area contributed by atoms with E-state index in [0.717, 1.165) is 84.1 Å². The van der Waals surface area contributed by atoms with Crippen molar-refractivity contribution in [2.24, 2.45) is 11.8 Å². The van der Waals surface area contributed by atoms with Gasteiger partial charge in [-0.1, -0.05) is 12.1 Å². The molecule has 2 aliphatic heterocycles. The third-order valence-electron chi connectivity index (χ3n) is 6.35. The summed E-state index contributed by atoms with van der Waals surface area (Å²) in [5.41, 5.74) is 1.33. The normalized spacial score (nSPS) is 24.6. The van der Waals surface area contributed by atoms with E-state index in [4.69, 9.17) is 29.3 Å². The minimum atomic E-state index is -0.250. The molecule has 3 N–H and O–H groups in total. The van der Waals surface area contributed by atoms with Gasteiger partial charge in [0.25, 0.3) is 12.9 Å². The maximum atomic E-state index is 9.80. The smallest absolute Gasteiger partial charge is 0.290 e. The summed E-state index contributed by atoms with van der Waals surface area (Å²) < 4.78 is 11.4. The minimum absolute atomic E-state index is 0.0536. The first-order valence-electron chi connectivity index (χ1n) is 11.7. The van der Waals surface area contributed by atoms with E-state index >= 15 is 0 Å². The Balaban J connectivity index is 0.000000582. The second-order valence-electron chi connectivity index (χ2n) is 8.71. The number of aliphatic hydroxyl groups excluding tert-OH is 1. The first kappa shape index (κ1) is 27.0. The highest BCUT2D eigenvalue weighted by Gasteiger charge is 2.39. The summed E-state index contributed by atoms with van der Waals surface area (Å²) in [6.45, 7) is 8.60. The SMILES string of the molecule is O=CO.O=CO.OC1C[C@@H]2CN(Cc3cccc(OCCCCN4CCOCC4)c3)C[C@@H]2C1. The van der Waals surface area contributed by atoms with E-state index in [0.29, 0.717) is 11.8 Å². The fourth-order valence-electron chi connectivity index (χ4n) is 4.94. The molecule has 9 nitrogen and oxygen atoms in total. The lowest BCUT2D eigenvalue weighted by Crippen LogP contribution is -2.36. The highest BCUT2D eigenvalue weighted by atomic mass is 16.5. The van der Waals surface area contributed by atoms with Crippen molar-refractivity contribution in [3.63, 3.8) is 0 Å². The summed E-state index contributed by atoms with van der Waals surface area (Å²) in [5.74, 6) is 2.39. The Morgan fingerprint density at radius 3 is 2.27 bits per heavy atom. The number of benzene rings is 1. The monoisotopic (exact) mass is 466 g/mol. The highest BCUT2D eigenvalue weighted by molar-refractivity contribution is 5.33. The number of hydrogen-bond acceptors (Lipinski definition) is 7. The van der Waals surface area contributed by atoms with Crippen molar-refractivity contribution in [1.82, 2.24) is 9.80 Å². The van der Waals surface area contributed by atoms with Crippen LogP contribution in [0.1, 0.15) is 31.2 Å². The van der Waals surface area contributed by atoms with Crippen LogP contribution in [0.25, 0.3) is 0 Å². The molecule has 0 radical (unpaired) electrons. The maximum Gasteiger partial charge on any atom is 0.290 e. The van der Waals surface area contributed by atoms with Crippen LogP contribution in [0.15, 0.2) is 24.3 Å². The van der Waals surface area contributed by atoms with Gasteiger partial charge < -0.3 is 24.8 Å². The number of likely N-dealkylation sites (tertiary alicyclic amines) is 1. The summed E-state index contributed by atoms with van der Waals surface area (Å²) in [6, 6.07) is 8.58. The standard InChI is InChI=1S/C22H34N2O3.2CH2O2/c25-21-13-19-16-24(17-20(19)14-21)15-18-4-3-5-22(12-18)27-9-2-1-6-23-7-10-26-11-8-23;2*2-1-3/h3-5,12,19-21,25H,1-2,6-11,13-17H2;2*1H,(H,2,3)/t19-,20+,21?;;. The molecule has 9 heteroatoms. The van der Waals surface area contributed by atoms with Gasteiger partial charge >= 0.3 is 0 Å². The van der Waals surface area contributed by atoms with Crippen LogP contribution in [0.4, 0.5) is 0 Å². The second-order valence-corrected chi connectivity index (χ2v) is 8.71. The van der Waals surface area contributed by atoms with Crippen molar-refractivity contribution in [2.75, 3.05) is 52.5 Å². The molecule has 2 heterocycles. The number of fused-ring (bicyclic) bond motifs is 1. The van der Waals surface area contributed by atoms with E-state index in [1.165, 1.54) is 12.0 Å². The molecule has 3 aliphatic rings. The third-order valence-corrected chi connectivity index (χ3v) is 6.35. The average molecular weight is 467 g/mol. The van der Waals surface area contributed by atoms with Gasteiger partial charge in [-0.2, -0.15) is 0 Å². The molecule has 186 valence electrons. The molecule has 1 aliphatic carbocycles. The van der Waals surface area contributed by atoms with E-state index in [1.54, 1.807) is 0 Å². The quantitative estimate of drug-likeness (QED) is 0.389. The number of carboxylic acid groups (broad SMARTS) is 2. The molecule has 1 unspecified atom stereocenters. The van der Waals surface area contributed by atoms with Gasteiger partial charge in [0.15, 0.2) is 0 Å². The molecule has 0 aromatic heterocycles. The van der Waals surface area contributed by atoms with Crippen LogP contribution in [-0.2, 0) is 20.9 Å². The minimum Gasteiger partial charge on any atom is -0.494 e. The molecule has 0 spiro atoms. The number of aliphatic hydroxyl groups is 1. The zero-order valence-corrected chi connectivity index (χ0v) is 19.3. The van der Waals surface area contributed by atoms with Crippen LogP contribution in [0, 0.1) is 11.8 Å². The van der Waals surface area contributed by atoms with Crippen LogP contribution in [0.2, 0.25) is 0 Å². The molecular formula is C24H38N2O7. The third kappa shape index (κ3) is 10.1.